The Kier molecular flexibility index (Phi) is 5.25. The zero-order chi connectivity index (χ0) is 18.8. The summed E-state index contributed by atoms with van der Waals surface area (Å²) in [6.07, 6.45) is 3.22. The first-order valence-corrected chi connectivity index (χ1v) is 8.80. The number of imide groups is 1. The molecule has 3 atom stereocenters. The van der Waals surface area contributed by atoms with Gasteiger partial charge in [0.2, 0.25) is 11.8 Å². The van der Waals surface area contributed by atoms with Crippen molar-refractivity contribution in [1.82, 2.24) is 4.90 Å². The third kappa shape index (κ3) is 3.30. The minimum Gasteiger partial charge on any atom is -0.496 e. The molecule has 1 aromatic rings. The van der Waals surface area contributed by atoms with Gasteiger partial charge >= 0.3 is 5.97 Å². The molecule has 3 rings (SSSR count). The highest BCUT2D eigenvalue weighted by Crippen LogP contribution is 2.39. The molecule has 1 saturated carbocycles. The summed E-state index contributed by atoms with van der Waals surface area (Å²) in [4.78, 5) is 38.5. The highest BCUT2D eigenvalue weighted by molar-refractivity contribution is 6.07. The number of carbonyl (C=O) groups excluding carboxylic acids is 3. The summed E-state index contributed by atoms with van der Waals surface area (Å²) in [5, 5.41) is 0. The van der Waals surface area contributed by atoms with Gasteiger partial charge < -0.3 is 9.47 Å². The monoisotopic (exact) mass is 363 g/mol. The predicted octanol–water partition coefficient (Wildman–Crippen LogP) is 2.44. The van der Waals surface area contributed by atoms with E-state index < -0.39 is 17.8 Å². The maximum atomic E-state index is 13.4. The molecule has 2 amide bonds. The molecule has 6 nitrogen and oxygen atoms in total. The second-order valence-corrected chi connectivity index (χ2v) is 6.78. The number of fused-ring (bicyclic) bond motifs is 1. The van der Waals surface area contributed by atoms with E-state index in [1.165, 1.54) is 32.2 Å². The van der Waals surface area contributed by atoms with Gasteiger partial charge in [0.1, 0.15) is 24.2 Å². The number of benzene rings is 1. The molecular weight excluding hydrogens is 341 g/mol. The number of esters is 1. The van der Waals surface area contributed by atoms with Crippen molar-refractivity contribution in [2.24, 2.45) is 11.8 Å². The molecule has 0 bridgehead atoms. The van der Waals surface area contributed by atoms with Crippen LogP contribution in [0.1, 0.15) is 38.2 Å². The Morgan fingerprint density at radius 1 is 1.23 bits per heavy atom. The van der Waals surface area contributed by atoms with Crippen LogP contribution in [0.25, 0.3) is 0 Å². The number of rotatable bonds is 5. The second kappa shape index (κ2) is 7.43. The summed E-state index contributed by atoms with van der Waals surface area (Å²) in [6, 6.07) is 2.91. The molecule has 1 saturated heterocycles. The molecule has 2 fully saturated rings. The molecule has 1 heterocycles. The molecular formula is C19H22FNO5. The van der Waals surface area contributed by atoms with E-state index in [9.17, 15) is 18.8 Å². The predicted molar refractivity (Wildman–Crippen MR) is 89.5 cm³/mol. The average Bonchev–Trinajstić information content (AvgIpc) is 2.90. The first-order valence-electron chi connectivity index (χ1n) is 8.80. The van der Waals surface area contributed by atoms with E-state index in [0.717, 1.165) is 17.7 Å². The molecule has 0 radical (unpaired) electrons. The standard InChI is InChI=1S/C19H22FNO5/c1-11(21-17(22)14-5-3-4-6-15(14)18(21)23)19(24)26-10-12-9-13(20)7-8-16(12)25-2/h7-9,11,14-15H,3-6,10H2,1-2H3/t11-,14?,15?/m0/s1. The number of carbonyl (C=O) groups is 3. The number of hydrogen-bond donors (Lipinski definition) is 0. The molecule has 1 aromatic carbocycles. The van der Waals surface area contributed by atoms with Crippen molar-refractivity contribution in [3.63, 3.8) is 0 Å². The topological polar surface area (TPSA) is 72.9 Å². The van der Waals surface area contributed by atoms with Crippen LogP contribution in [0.2, 0.25) is 0 Å². The van der Waals surface area contributed by atoms with Gasteiger partial charge in [-0.15, -0.1) is 0 Å². The van der Waals surface area contributed by atoms with E-state index in [1.807, 2.05) is 0 Å². The smallest absolute Gasteiger partial charge is 0.329 e. The molecule has 0 N–H and O–H groups in total. The lowest BCUT2D eigenvalue weighted by molar-refractivity contribution is -0.159. The van der Waals surface area contributed by atoms with Crippen LogP contribution in [0.3, 0.4) is 0 Å². The van der Waals surface area contributed by atoms with Crippen LogP contribution in [0.5, 0.6) is 5.75 Å². The maximum absolute atomic E-state index is 13.4. The summed E-state index contributed by atoms with van der Waals surface area (Å²) < 4.78 is 23.7. The number of halogens is 1. The summed E-state index contributed by atoms with van der Waals surface area (Å²) in [5.74, 6) is -1.97. The van der Waals surface area contributed by atoms with Gasteiger partial charge in [-0.25, -0.2) is 9.18 Å². The van der Waals surface area contributed by atoms with E-state index in [1.54, 1.807) is 0 Å². The first kappa shape index (κ1) is 18.4. The zero-order valence-corrected chi connectivity index (χ0v) is 14.9. The third-order valence-corrected chi connectivity index (χ3v) is 5.22. The van der Waals surface area contributed by atoms with Gasteiger partial charge in [-0.2, -0.15) is 0 Å². The van der Waals surface area contributed by atoms with Crippen molar-refractivity contribution in [3.05, 3.63) is 29.6 Å². The average molecular weight is 363 g/mol. The van der Waals surface area contributed by atoms with Gasteiger partial charge in [-0.1, -0.05) is 12.8 Å². The van der Waals surface area contributed by atoms with Crippen molar-refractivity contribution in [3.8, 4) is 5.75 Å². The lowest BCUT2D eigenvalue weighted by atomic mass is 9.81. The normalized spacial score (nSPS) is 23.6. The van der Waals surface area contributed by atoms with Gasteiger partial charge in [-0.05, 0) is 38.0 Å². The van der Waals surface area contributed by atoms with Crippen LogP contribution >= 0.6 is 0 Å². The van der Waals surface area contributed by atoms with Gasteiger partial charge in [0.15, 0.2) is 0 Å². The molecule has 1 aliphatic heterocycles. The van der Waals surface area contributed by atoms with Crippen molar-refractivity contribution >= 4 is 17.8 Å². The maximum Gasteiger partial charge on any atom is 0.329 e. The van der Waals surface area contributed by atoms with E-state index in [0.29, 0.717) is 24.2 Å². The number of ether oxygens (including phenoxy) is 2. The quantitative estimate of drug-likeness (QED) is 0.593. The molecule has 7 heteroatoms. The number of methoxy groups -OCH3 is 1. The van der Waals surface area contributed by atoms with Crippen molar-refractivity contribution in [1.29, 1.82) is 0 Å². The molecule has 1 aliphatic carbocycles. The van der Waals surface area contributed by atoms with E-state index in [-0.39, 0.29) is 30.3 Å². The fraction of sp³-hybridized carbons (Fsp3) is 0.526. The van der Waals surface area contributed by atoms with Crippen LogP contribution in [0.15, 0.2) is 18.2 Å². The lowest BCUT2D eigenvalue weighted by Gasteiger charge is -2.21. The van der Waals surface area contributed by atoms with Crippen LogP contribution in [-0.4, -0.2) is 35.8 Å². The van der Waals surface area contributed by atoms with E-state index in [2.05, 4.69) is 0 Å². The first-order chi connectivity index (χ1) is 12.4. The lowest BCUT2D eigenvalue weighted by Crippen LogP contribution is -2.44. The minimum atomic E-state index is -1.000. The van der Waals surface area contributed by atoms with Crippen LogP contribution in [0.4, 0.5) is 4.39 Å². The Morgan fingerprint density at radius 3 is 2.42 bits per heavy atom. The number of amides is 2. The number of nitrogens with zero attached hydrogens (tertiary/aromatic N) is 1. The Morgan fingerprint density at radius 2 is 1.85 bits per heavy atom. The van der Waals surface area contributed by atoms with Crippen molar-refractivity contribution in [2.75, 3.05) is 7.11 Å². The third-order valence-electron chi connectivity index (χ3n) is 5.22. The Labute approximate surface area is 151 Å². The largest absolute Gasteiger partial charge is 0.496 e. The Hall–Kier alpha value is -2.44. The molecule has 2 aliphatic rings. The highest BCUT2D eigenvalue weighted by atomic mass is 19.1. The molecule has 2 unspecified atom stereocenters. The minimum absolute atomic E-state index is 0.201. The van der Waals surface area contributed by atoms with Gasteiger partial charge in [0, 0.05) is 5.56 Å². The van der Waals surface area contributed by atoms with Crippen LogP contribution in [0, 0.1) is 17.7 Å². The van der Waals surface area contributed by atoms with Crippen molar-refractivity contribution < 1.29 is 28.2 Å². The number of likely N-dealkylation sites (tertiary alicyclic amines) is 1. The summed E-state index contributed by atoms with van der Waals surface area (Å²) in [6.45, 7) is 1.28. The Balaban J connectivity index is 1.67. The van der Waals surface area contributed by atoms with Crippen LogP contribution < -0.4 is 4.74 Å². The fourth-order valence-electron chi connectivity index (χ4n) is 3.80. The highest BCUT2D eigenvalue weighted by Gasteiger charge is 2.51. The summed E-state index contributed by atoms with van der Waals surface area (Å²) in [5.41, 5.74) is 0.376. The SMILES string of the molecule is COc1ccc(F)cc1COC(=O)[C@H](C)N1C(=O)C2CCCCC2C1=O. The molecule has 0 aromatic heterocycles. The zero-order valence-electron chi connectivity index (χ0n) is 14.9. The van der Waals surface area contributed by atoms with Crippen molar-refractivity contribution in [2.45, 2.75) is 45.3 Å². The van der Waals surface area contributed by atoms with Gasteiger partial charge in [0.25, 0.3) is 0 Å². The summed E-state index contributed by atoms with van der Waals surface area (Å²) >= 11 is 0. The molecule has 0 spiro atoms. The summed E-state index contributed by atoms with van der Waals surface area (Å²) in [7, 11) is 1.44. The second-order valence-electron chi connectivity index (χ2n) is 6.78. The number of hydrogen-bond acceptors (Lipinski definition) is 5. The fourth-order valence-corrected chi connectivity index (χ4v) is 3.80. The molecule has 140 valence electrons. The van der Waals surface area contributed by atoms with E-state index >= 15 is 0 Å². The van der Waals surface area contributed by atoms with Gasteiger partial charge in [0.05, 0.1) is 18.9 Å². The Bertz CT molecular complexity index is 711. The van der Waals surface area contributed by atoms with Crippen LogP contribution in [-0.2, 0) is 25.7 Å². The molecule has 26 heavy (non-hydrogen) atoms. The van der Waals surface area contributed by atoms with Gasteiger partial charge in [-0.3, -0.25) is 14.5 Å². The van der Waals surface area contributed by atoms with E-state index in [4.69, 9.17) is 9.47 Å².